The Morgan fingerprint density at radius 1 is 0.421 bits per heavy atom. The first-order valence-corrected chi connectivity index (χ1v) is 13.7. The van der Waals surface area contributed by atoms with Crippen molar-refractivity contribution in [3.63, 3.8) is 0 Å². The molecule has 38 heavy (non-hydrogen) atoms. The van der Waals surface area contributed by atoms with Crippen LogP contribution in [0.25, 0.3) is 0 Å². The zero-order chi connectivity index (χ0) is 26.9. The van der Waals surface area contributed by atoms with Gasteiger partial charge in [0.15, 0.2) is 0 Å². The fourth-order valence-electron chi connectivity index (χ4n) is 2.90. The predicted octanol–water partition coefficient (Wildman–Crippen LogP) is -1.75. The minimum absolute atomic E-state index is 0. The van der Waals surface area contributed by atoms with Crippen molar-refractivity contribution in [3.05, 3.63) is 0 Å². The van der Waals surface area contributed by atoms with Crippen molar-refractivity contribution in [2.45, 2.75) is 45.4 Å². The number of ether oxygens (including phenoxy) is 9. The van der Waals surface area contributed by atoms with E-state index in [0.29, 0.717) is 99.1 Å². The van der Waals surface area contributed by atoms with Gasteiger partial charge < -0.3 is 52.5 Å². The van der Waals surface area contributed by atoms with E-state index in [4.69, 9.17) is 42.6 Å². The van der Waals surface area contributed by atoms with E-state index in [1.54, 1.807) is 0 Å². The van der Waals surface area contributed by atoms with Gasteiger partial charge in [0.05, 0.1) is 118 Å². The zero-order valence-corrected chi connectivity index (χ0v) is 26.0. The van der Waals surface area contributed by atoms with Gasteiger partial charge in [-0.1, -0.05) is 39.0 Å². The Balaban J connectivity index is 0. The van der Waals surface area contributed by atoms with Crippen LogP contribution < -0.4 is 34.7 Å². The van der Waals surface area contributed by atoms with Gasteiger partial charge in [0, 0.05) is 6.61 Å². The molecule has 0 bridgehead atoms. The molecule has 222 valence electrons. The van der Waals surface area contributed by atoms with Gasteiger partial charge in [0.2, 0.25) is 0 Å². The third kappa shape index (κ3) is 38.3. The van der Waals surface area contributed by atoms with Crippen LogP contribution in [-0.2, 0) is 47.4 Å². The Morgan fingerprint density at radius 3 is 1.00 bits per heavy atom. The average molecular weight is 563 g/mol. The Bertz CT molecular complexity index is 447. The maximum absolute atomic E-state index is 10.1. The Hall–Kier alpha value is 0.110. The molecule has 0 saturated heterocycles. The number of carboxylic acids is 1. The van der Waals surface area contributed by atoms with Gasteiger partial charge in [-0.2, -0.15) is 0 Å². The largest absolute Gasteiger partial charge is 1.00 e. The van der Waals surface area contributed by atoms with Gasteiger partial charge in [-0.15, -0.1) is 0 Å². The van der Waals surface area contributed by atoms with Crippen LogP contribution in [-0.4, -0.2) is 125 Å². The molecule has 0 heterocycles. The number of carbonyl (C=O) groups excluding carboxylic acids is 1. The second-order valence-electron chi connectivity index (χ2n) is 8.09. The average Bonchev–Trinajstić information content (AvgIpc) is 2.89. The molecule has 0 aliphatic carbocycles. The van der Waals surface area contributed by atoms with Crippen molar-refractivity contribution in [2.24, 2.45) is 0 Å². The van der Waals surface area contributed by atoms with Crippen LogP contribution in [0.15, 0.2) is 0 Å². The summed E-state index contributed by atoms with van der Waals surface area (Å²) in [6.45, 7) is 10.3. The van der Waals surface area contributed by atoms with Crippen molar-refractivity contribution in [1.29, 1.82) is 0 Å². The number of aliphatic carboxylic acids is 1. The molecule has 0 atom stereocenters. The fourth-order valence-corrected chi connectivity index (χ4v) is 2.90. The van der Waals surface area contributed by atoms with Gasteiger partial charge in [-0.3, -0.25) is 0 Å². The van der Waals surface area contributed by atoms with Crippen LogP contribution in [0.3, 0.4) is 0 Å². The SMILES string of the molecule is CCCCCCCCOCCOCCOCCOCCOCCOCCOCCOCCOCC(=O)[O-].[Na+]. The summed E-state index contributed by atoms with van der Waals surface area (Å²) < 4.78 is 48.1. The molecule has 12 heteroatoms. The van der Waals surface area contributed by atoms with Crippen LogP contribution in [0.2, 0.25) is 0 Å². The third-order valence-electron chi connectivity index (χ3n) is 4.84. The summed E-state index contributed by atoms with van der Waals surface area (Å²) in [7, 11) is 0. The van der Waals surface area contributed by atoms with Gasteiger partial charge in [-0.05, 0) is 6.42 Å². The van der Waals surface area contributed by atoms with Crippen molar-refractivity contribution >= 4 is 5.97 Å². The van der Waals surface area contributed by atoms with Gasteiger partial charge >= 0.3 is 29.6 Å². The van der Waals surface area contributed by atoms with E-state index in [2.05, 4.69) is 6.92 Å². The minimum atomic E-state index is -1.24. The molecular weight excluding hydrogens is 511 g/mol. The summed E-state index contributed by atoms with van der Waals surface area (Å²) in [5, 5.41) is 10.1. The molecule has 0 aromatic carbocycles. The van der Waals surface area contributed by atoms with Crippen LogP contribution >= 0.6 is 0 Å². The first-order chi connectivity index (χ1) is 18.3. The maximum Gasteiger partial charge on any atom is 1.00 e. The summed E-state index contributed by atoms with van der Waals surface area (Å²) in [5.41, 5.74) is 0. The number of carboxylic acid groups (broad SMARTS) is 1. The predicted molar refractivity (Wildman–Crippen MR) is 136 cm³/mol. The molecule has 0 spiro atoms. The van der Waals surface area contributed by atoms with E-state index < -0.39 is 12.6 Å². The Morgan fingerprint density at radius 2 is 0.684 bits per heavy atom. The summed E-state index contributed by atoms with van der Waals surface area (Å²) in [4.78, 5) is 10.1. The van der Waals surface area contributed by atoms with E-state index in [1.807, 2.05) is 0 Å². The first-order valence-electron chi connectivity index (χ1n) is 13.7. The topological polar surface area (TPSA) is 123 Å². The quantitative estimate of drug-likeness (QED) is 0.0668. The second kappa shape index (κ2) is 37.1. The zero-order valence-electron chi connectivity index (χ0n) is 24.0. The van der Waals surface area contributed by atoms with E-state index in [0.717, 1.165) is 13.0 Å². The molecule has 0 fully saturated rings. The molecule has 0 amide bonds. The standard InChI is InChI=1S/C26H52O11.Na/c1-2-3-4-5-6-7-8-29-9-10-30-11-12-31-13-14-32-15-16-33-17-18-34-19-20-35-21-22-36-23-24-37-25-26(27)28;/h2-25H2,1H3,(H,27,28);/q;+1/p-1. The van der Waals surface area contributed by atoms with E-state index in [-0.39, 0.29) is 36.2 Å². The number of rotatable bonds is 33. The van der Waals surface area contributed by atoms with Gasteiger partial charge in [0.25, 0.3) is 0 Å². The van der Waals surface area contributed by atoms with E-state index in [1.165, 1.54) is 32.1 Å². The summed E-state index contributed by atoms with van der Waals surface area (Å²) in [6.07, 6.45) is 7.66. The molecular formula is C26H51NaO11. The molecule has 0 aliphatic rings. The number of unbranched alkanes of at least 4 members (excludes halogenated alkanes) is 5. The number of hydrogen-bond donors (Lipinski definition) is 0. The molecule has 0 N–H and O–H groups in total. The molecule has 0 aliphatic heterocycles. The van der Waals surface area contributed by atoms with Crippen LogP contribution in [0, 0.1) is 0 Å². The van der Waals surface area contributed by atoms with Gasteiger partial charge in [0.1, 0.15) is 0 Å². The number of hydrogen-bond acceptors (Lipinski definition) is 11. The Kier molecular flexibility index (Phi) is 39.3. The molecule has 0 aromatic heterocycles. The molecule has 0 aromatic rings. The van der Waals surface area contributed by atoms with Crippen molar-refractivity contribution < 1.29 is 82.1 Å². The third-order valence-corrected chi connectivity index (χ3v) is 4.84. The molecule has 11 nitrogen and oxygen atoms in total. The van der Waals surface area contributed by atoms with E-state index >= 15 is 0 Å². The monoisotopic (exact) mass is 562 g/mol. The number of carbonyl (C=O) groups is 1. The van der Waals surface area contributed by atoms with Crippen molar-refractivity contribution in [1.82, 2.24) is 0 Å². The van der Waals surface area contributed by atoms with Crippen LogP contribution in [0.4, 0.5) is 0 Å². The normalized spacial score (nSPS) is 11.1. The summed E-state index contributed by atoms with van der Waals surface area (Å²) in [5.74, 6) is -1.24. The van der Waals surface area contributed by atoms with E-state index in [9.17, 15) is 9.90 Å². The minimum Gasteiger partial charge on any atom is -0.548 e. The van der Waals surface area contributed by atoms with Crippen LogP contribution in [0.1, 0.15) is 45.4 Å². The Labute approximate surface area is 251 Å². The van der Waals surface area contributed by atoms with Crippen molar-refractivity contribution in [3.8, 4) is 0 Å². The maximum atomic E-state index is 10.1. The summed E-state index contributed by atoms with van der Waals surface area (Å²) >= 11 is 0. The molecule has 0 radical (unpaired) electrons. The first kappa shape index (κ1) is 40.2. The molecule has 0 saturated carbocycles. The van der Waals surface area contributed by atoms with Crippen molar-refractivity contribution in [2.75, 3.05) is 119 Å². The summed E-state index contributed by atoms with van der Waals surface area (Å²) in [6, 6.07) is 0. The molecule has 0 rings (SSSR count). The van der Waals surface area contributed by atoms with Gasteiger partial charge in [-0.25, -0.2) is 0 Å². The van der Waals surface area contributed by atoms with Crippen LogP contribution in [0.5, 0.6) is 0 Å². The smallest absolute Gasteiger partial charge is 0.548 e. The molecule has 0 unspecified atom stereocenters. The fraction of sp³-hybridized carbons (Fsp3) is 0.962. The second-order valence-corrected chi connectivity index (χ2v) is 8.09.